The highest BCUT2D eigenvalue weighted by atomic mass is 35.5. The van der Waals surface area contributed by atoms with E-state index < -0.39 is 0 Å². The molecule has 0 saturated carbocycles. The van der Waals surface area contributed by atoms with Gasteiger partial charge in [0.05, 0.1) is 30.2 Å². The summed E-state index contributed by atoms with van der Waals surface area (Å²) in [6, 6.07) is 8.58. The molecule has 0 radical (unpaired) electrons. The van der Waals surface area contributed by atoms with Crippen molar-refractivity contribution in [2.24, 2.45) is 0 Å². The number of H-pyrrole nitrogens is 1. The molecule has 27 heavy (non-hydrogen) atoms. The van der Waals surface area contributed by atoms with Gasteiger partial charge in [-0.15, -0.1) is 5.10 Å². The monoisotopic (exact) mass is 384 g/mol. The van der Waals surface area contributed by atoms with Crippen LogP contribution in [-0.4, -0.2) is 31.2 Å². The number of anilines is 1. The second-order valence-corrected chi connectivity index (χ2v) is 7.42. The molecule has 2 aromatic heterocycles. The summed E-state index contributed by atoms with van der Waals surface area (Å²) < 4.78 is 2.02. The average molecular weight is 385 g/mol. The number of hydrogen-bond acceptors (Lipinski definition) is 5. The fraction of sp³-hybridized carbons (Fsp3) is 0.368. The first kappa shape index (κ1) is 17.7. The Balaban J connectivity index is 1.69. The average Bonchev–Trinajstić information content (AvgIpc) is 3.06. The normalized spacial score (nSPS) is 17.6. The van der Waals surface area contributed by atoms with Crippen molar-refractivity contribution in [1.82, 2.24) is 25.2 Å². The van der Waals surface area contributed by atoms with E-state index in [2.05, 4.69) is 64.4 Å². The highest BCUT2D eigenvalue weighted by Crippen LogP contribution is 2.32. The minimum Gasteiger partial charge on any atom is -0.360 e. The predicted molar refractivity (Wildman–Crippen MR) is 104 cm³/mol. The molecule has 0 spiro atoms. The van der Waals surface area contributed by atoms with Gasteiger partial charge in [0.15, 0.2) is 0 Å². The summed E-state index contributed by atoms with van der Waals surface area (Å²) in [5, 5.41) is 15.3. The van der Waals surface area contributed by atoms with E-state index in [9.17, 15) is 4.79 Å². The van der Waals surface area contributed by atoms with Crippen molar-refractivity contribution in [3.8, 4) is 0 Å². The Morgan fingerprint density at radius 3 is 2.89 bits per heavy atom. The van der Waals surface area contributed by atoms with Crippen LogP contribution in [0.1, 0.15) is 42.4 Å². The van der Waals surface area contributed by atoms with E-state index >= 15 is 0 Å². The summed E-state index contributed by atoms with van der Waals surface area (Å²) >= 11 is 6.21. The Bertz CT molecular complexity index is 1040. The maximum Gasteiger partial charge on any atom is 0.285 e. The highest BCUT2D eigenvalue weighted by Gasteiger charge is 2.31. The molecule has 0 aliphatic carbocycles. The Morgan fingerprint density at radius 1 is 1.33 bits per heavy atom. The standard InChI is InChI=1S/C19H21ClN6O/c1-11-6-4-5-7-14(11)13(3)26-16-8-12(2)25(10-15(16)22-24-26)17-9-21-23-19(27)18(17)20/h4-7,9,12-13H,8,10H2,1-3H3,(H,23,27)/t12-,13-/m1/s1. The Hall–Kier alpha value is -2.67. The van der Waals surface area contributed by atoms with E-state index in [4.69, 9.17) is 11.6 Å². The molecular weight excluding hydrogens is 364 g/mol. The van der Waals surface area contributed by atoms with Crippen molar-refractivity contribution < 1.29 is 0 Å². The maximum absolute atomic E-state index is 11.8. The number of aromatic nitrogens is 5. The van der Waals surface area contributed by atoms with Gasteiger partial charge in [0, 0.05) is 12.5 Å². The van der Waals surface area contributed by atoms with Crippen LogP contribution in [-0.2, 0) is 13.0 Å². The molecular formula is C19H21ClN6O. The van der Waals surface area contributed by atoms with Gasteiger partial charge in [-0.2, -0.15) is 5.10 Å². The molecule has 3 heterocycles. The van der Waals surface area contributed by atoms with E-state index in [1.54, 1.807) is 6.20 Å². The predicted octanol–water partition coefficient (Wildman–Crippen LogP) is 2.88. The topological polar surface area (TPSA) is 79.7 Å². The van der Waals surface area contributed by atoms with Crippen LogP contribution in [0, 0.1) is 6.92 Å². The van der Waals surface area contributed by atoms with Crippen LogP contribution in [0.15, 0.2) is 35.3 Å². The van der Waals surface area contributed by atoms with Gasteiger partial charge < -0.3 is 4.90 Å². The molecule has 2 atom stereocenters. The molecule has 1 aliphatic heterocycles. The zero-order valence-electron chi connectivity index (χ0n) is 15.5. The summed E-state index contributed by atoms with van der Waals surface area (Å²) in [5.74, 6) is 0. The fourth-order valence-electron chi connectivity index (χ4n) is 3.78. The van der Waals surface area contributed by atoms with Gasteiger partial charge in [-0.05, 0) is 31.9 Å². The molecule has 4 rings (SSSR count). The van der Waals surface area contributed by atoms with Crippen LogP contribution >= 0.6 is 11.6 Å². The molecule has 0 amide bonds. The maximum atomic E-state index is 11.8. The molecule has 1 aliphatic rings. The third-order valence-electron chi connectivity index (χ3n) is 5.30. The van der Waals surface area contributed by atoms with Gasteiger partial charge in [0.1, 0.15) is 10.7 Å². The van der Waals surface area contributed by atoms with Crippen molar-refractivity contribution in [3.63, 3.8) is 0 Å². The van der Waals surface area contributed by atoms with Crippen LogP contribution in [0.3, 0.4) is 0 Å². The summed E-state index contributed by atoms with van der Waals surface area (Å²) in [6.45, 7) is 6.91. The number of aryl methyl sites for hydroxylation is 1. The fourth-order valence-corrected chi connectivity index (χ4v) is 3.98. The van der Waals surface area contributed by atoms with Crippen LogP contribution in [0.4, 0.5) is 5.69 Å². The molecule has 1 aromatic carbocycles. The largest absolute Gasteiger partial charge is 0.360 e. The SMILES string of the molecule is Cc1ccccc1[C@@H](C)n1nnc2c1C[C@@H](C)N(c1cn[nH]c(=O)c1Cl)C2. The van der Waals surface area contributed by atoms with E-state index in [-0.39, 0.29) is 22.7 Å². The lowest BCUT2D eigenvalue weighted by atomic mass is 10.00. The van der Waals surface area contributed by atoms with E-state index in [0.717, 1.165) is 17.8 Å². The van der Waals surface area contributed by atoms with Gasteiger partial charge in [-0.1, -0.05) is 41.1 Å². The zero-order valence-corrected chi connectivity index (χ0v) is 16.2. The van der Waals surface area contributed by atoms with Gasteiger partial charge in [-0.3, -0.25) is 4.79 Å². The smallest absolute Gasteiger partial charge is 0.285 e. The van der Waals surface area contributed by atoms with Crippen molar-refractivity contribution in [2.45, 2.75) is 45.8 Å². The van der Waals surface area contributed by atoms with Crippen molar-refractivity contribution >= 4 is 17.3 Å². The number of hydrogen-bond donors (Lipinski definition) is 1. The number of nitrogens with zero attached hydrogens (tertiary/aromatic N) is 5. The van der Waals surface area contributed by atoms with Gasteiger partial charge in [0.2, 0.25) is 0 Å². The van der Waals surface area contributed by atoms with Crippen LogP contribution < -0.4 is 10.5 Å². The lowest BCUT2D eigenvalue weighted by Crippen LogP contribution is -2.40. The molecule has 1 N–H and O–H groups in total. The summed E-state index contributed by atoms with van der Waals surface area (Å²) in [6.07, 6.45) is 2.35. The first-order chi connectivity index (χ1) is 13.0. The lowest BCUT2D eigenvalue weighted by Gasteiger charge is -2.35. The third-order valence-corrected chi connectivity index (χ3v) is 5.67. The lowest BCUT2D eigenvalue weighted by molar-refractivity contribution is 0.494. The molecule has 140 valence electrons. The molecule has 3 aromatic rings. The first-order valence-corrected chi connectivity index (χ1v) is 9.33. The third kappa shape index (κ3) is 3.02. The van der Waals surface area contributed by atoms with Crippen molar-refractivity contribution in [2.75, 3.05) is 4.90 Å². The molecule has 0 saturated heterocycles. The first-order valence-electron chi connectivity index (χ1n) is 8.95. The van der Waals surface area contributed by atoms with Crippen LogP contribution in [0.5, 0.6) is 0 Å². The number of aromatic amines is 1. The number of nitrogens with one attached hydrogen (secondary N) is 1. The Labute approximate surface area is 162 Å². The van der Waals surface area contributed by atoms with Crippen LogP contribution in [0.2, 0.25) is 5.02 Å². The van der Waals surface area contributed by atoms with E-state index in [1.165, 1.54) is 11.1 Å². The molecule has 8 heteroatoms. The second-order valence-electron chi connectivity index (χ2n) is 7.04. The quantitative estimate of drug-likeness (QED) is 0.751. The van der Waals surface area contributed by atoms with Crippen LogP contribution in [0.25, 0.3) is 0 Å². The zero-order chi connectivity index (χ0) is 19.1. The number of rotatable bonds is 3. The van der Waals surface area contributed by atoms with E-state index in [0.29, 0.717) is 12.2 Å². The summed E-state index contributed by atoms with van der Waals surface area (Å²) in [4.78, 5) is 13.9. The number of fused-ring (bicyclic) bond motifs is 1. The Kier molecular flexibility index (Phi) is 4.47. The van der Waals surface area contributed by atoms with Crippen molar-refractivity contribution in [3.05, 3.63) is 68.4 Å². The molecule has 7 nitrogen and oxygen atoms in total. The van der Waals surface area contributed by atoms with Gasteiger partial charge in [0.25, 0.3) is 5.56 Å². The second kappa shape index (κ2) is 6.81. The molecule has 0 unspecified atom stereocenters. The van der Waals surface area contributed by atoms with Crippen molar-refractivity contribution in [1.29, 1.82) is 0 Å². The molecule has 0 bridgehead atoms. The Morgan fingerprint density at radius 2 is 2.11 bits per heavy atom. The van der Waals surface area contributed by atoms with Gasteiger partial charge in [-0.25, -0.2) is 9.78 Å². The highest BCUT2D eigenvalue weighted by molar-refractivity contribution is 6.33. The number of halogens is 1. The van der Waals surface area contributed by atoms with E-state index in [1.807, 2.05) is 10.7 Å². The summed E-state index contributed by atoms with van der Waals surface area (Å²) in [7, 11) is 0. The minimum absolute atomic E-state index is 0.103. The number of benzene rings is 1. The van der Waals surface area contributed by atoms with Gasteiger partial charge >= 0.3 is 0 Å². The summed E-state index contributed by atoms with van der Waals surface area (Å²) in [5.41, 5.74) is 4.75. The minimum atomic E-state index is -0.385. The molecule has 0 fully saturated rings.